The van der Waals surface area contributed by atoms with Crippen molar-refractivity contribution in [3.05, 3.63) is 0 Å². The Bertz CT molecular complexity index is 357. The molecular formula is C10H18FNO4S. The van der Waals surface area contributed by atoms with Crippen LogP contribution < -0.4 is 5.73 Å². The molecule has 17 heavy (non-hydrogen) atoms. The highest BCUT2D eigenvalue weighted by molar-refractivity contribution is 7.91. The second-order valence-electron chi connectivity index (χ2n) is 4.37. The van der Waals surface area contributed by atoms with Gasteiger partial charge in [-0.2, -0.15) is 0 Å². The summed E-state index contributed by atoms with van der Waals surface area (Å²) in [6.07, 6.45) is -0.758. The molecule has 0 aromatic heterocycles. The molecule has 0 aromatic carbocycles. The van der Waals surface area contributed by atoms with E-state index in [0.717, 1.165) is 0 Å². The highest BCUT2D eigenvalue weighted by Crippen LogP contribution is 2.26. The van der Waals surface area contributed by atoms with Crippen LogP contribution in [0.1, 0.15) is 19.3 Å². The van der Waals surface area contributed by atoms with Crippen LogP contribution in [0, 0.1) is 5.92 Å². The third-order valence-corrected chi connectivity index (χ3v) is 4.81. The lowest BCUT2D eigenvalue weighted by Gasteiger charge is -2.26. The Morgan fingerprint density at radius 3 is 2.47 bits per heavy atom. The highest BCUT2D eigenvalue weighted by Gasteiger charge is 2.31. The molecule has 2 unspecified atom stereocenters. The van der Waals surface area contributed by atoms with Gasteiger partial charge < -0.3 is 10.5 Å². The van der Waals surface area contributed by atoms with E-state index in [0.29, 0.717) is 12.8 Å². The van der Waals surface area contributed by atoms with Crippen molar-refractivity contribution in [2.24, 2.45) is 11.7 Å². The quantitative estimate of drug-likeness (QED) is 0.727. The molecule has 2 atom stereocenters. The first-order chi connectivity index (χ1) is 7.85. The lowest BCUT2D eigenvalue weighted by atomic mass is 9.93. The summed E-state index contributed by atoms with van der Waals surface area (Å²) in [7, 11) is -1.79. The molecule has 2 N–H and O–H groups in total. The van der Waals surface area contributed by atoms with Crippen LogP contribution in [0.4, 0.5) is 4.39 Å². The summed E-state index contributed by atoms with van der Waals surface area (Å²) in [5.41, 5.74) is 5.46. The Kier molecular flexibility index (Phi) is 4.88. The fraction of sp³-hybridized carbons (Fsp3) is 0.900. The minimum atomic E-state index is -2.99. The van der Waals surface area contributed by atoms with Gasteiger partial charge in [0.1, 0.15) is 22.1 Å². The van der Waals surface area contributed by atoms with E-state index in [1.54, 1.807) is 0 Å². The zero-order valence-electron chi connectivity index (χ0n) is 9.76. The minimum Gasteiger partial charge on any atom is -0.468 e. The number of esters is 1. The molecule has 0 bridgehead atoms. The molecule has 0 spiro atoms. The normalized spacial score (nSPS) is 23.9. The van der Waals surface area contributed by atoms with Crippen LogP contribution in [0.2, 0.25) is 0 Å². The summed E-state index contributed by atoms with van der Waals surface area (Å²) in [6.45, 7) is 0. The standard InChI is InChI=1S/C10H18FNO4S/c1-16-10(13)9(12)6-8(11)7-2-4-17(14,15)5-3-7/h7-9H,2-6,12H2,1H3. The topological polar surface area (TPSA) is 86.5 Å². The van der Waals surface area contributed by atoms with Crippen molar-refractivity contribution in [3.8, 4) is 0 Å². The molecule has 1 heterocycles. The number of carbonyl (C=O) groups is 1. The summed E-state index contributed by atoms with van der Waals surface area (Å²) in [4.78, 5) is 11.0. The third-order valence-electron chi connectivity index (χ3n) is 3.09. The highest BCUT2D eigenvalue weighted by atomic mass is 32.2. The van der Waals surface area contributed by atoms with Crippen molar-refractivity contribution in [2.45, 2.75) is 31.5 Å². The molecule has 1 aliphatic rings. The molecular weight excluding hydrogens is 249 g/mol. The molecule has 1 saturated heterocycles. The molecule has 1 fully saturated rings. The Labute approximate surface area is 100 Å². The summed E-state index contributed by atoms with van der Waals surface area (Å²) < 4.78 is 40.6. The van der Waals surface area contributed by atoms with E-state index in [-0.39, 0.29) is 23.8 Å². The van der Waals surface area contributed by atoms with Crippen molar-refractivity contribution in [1.82, 2.24) is 0 Å². The molecule has 7 heteroatoms. The van der Waals surface area contributed by atoms with Crippen LogP contribution in [0.15, 0.2) is 0 Å². The number of hydrogen-bond donors (Lipinski definition) is 1. The Morgan fingerprint density at radius 1 is 1.47 bits per heavy atom. The van der Waals surface area contributed by atoms with Gasteiger partial charge in [0.15, 0.2) is 0 Å². The molecule has 0 aromatic rings. The van der Waals surface area contributed by atoms with Crippen molar-refractivity contribution in [1.29, 1.82) is 0 Å². The lowest BCUT2D eigenvalue weighted by molar-refractivity contribution is -0.142. The predicted molar refractivity (Wildman–Crippen MR) is 60.9 cm³/mol. The van der Waals surface area contributed by atoms with E-state index >= 15 is 0 Å². The van der Waals surface area contributed by atoms with E-state index in [4.69, 9.17) is 5.73 Å². The van der Waals surface area contributed by atoms with Gasteiger partial charge in [-0.3, -0.25) is 4.79 Å². The summed E-state index contributed by atoms with van der Waals surface area (Å²) in [6, 6.07) is -0.978. The number of ether oxygens (including phenoxy) is 1. The number of alkyl halides is 1. The molecule has 1 rings (SSSR count). The van der Waals surface area contributed by atoms with Gasteiger partial charge in [-0.25, -0.2) is 12.8 Å². The van der Waals surface area contributed by atoms with E-state index in [2.05, 4.69) is 4.74 Å². The van der Waals surface area contributed by atoms with Crippen molar-refractivity contribution < 1.29 is 22.3 Å². The van der Waals surface area contributed by atoms with Crippen LogP contribution in [0.3, 0.4) is 0 Å². The SMILES string of the molecule is COC(=O)C(N)CC(F)C1CCS(=O)(=O)CC1. The Hall–Kier alpha value is -0.690. The fourth-order valence-corrected chi connectivity index (χ4v) is 3.48. The Balaban J connectivity index is 2.44. The molecule has 1 aliphatic heterocycles. The second-order valence-corrected chi connectivity index (χ2v) is 6.67. The molecule has 0 saturated carbocycles. The molecule has 0 aliphatic carbocycles. The first kappa shape index (κ1) is 14.4. The van der Waals surface area contributed by atoms with Gasteiger partial charge in [0.05, 0.1) is 18.6 Å². The maximum Gasteiger partial charge on any atom is 0.322 e. The van der Waals surface area contributed by atoms with Gasteiger partial charge in [0, 0.05) is 6.42 Å². The largest absolute Gasteiger partial charge is 0.468 e. The van der Waals surface area contributed by atoms with Crippen LogP contribution in [0.5, 0.6) is 0 Å². The van der Waals surface area contributed by atoms with E-state index < -0.39 is 28.0 Å². The summed E-state index contributed by atoms with van der Waals surface area (Å²) in [5.74, 6) is -0.929. The maximum atomic E-state index is 13.8. The number of sulfone groups is 1. The maximum absolute atomic E-state index is 13.8. The minimum absolute atomic E-state index is 0.0194. The number of carbonyl (C=O) groups excluding carboxylic acids is 1. The van der Waals surface area contributed by atoms with Crippen LogP contribution >= 0.6 is 0 Å². The lowest BCUT2D eigenvalue weighted by Crippen LogP contribution is -2.38. The number of nitrogens with two attached hydrogens (primary N) is 1. The van der Waals surface area contributed by atoms with Gasteiger partial charge in [-0.1, -0.05) is 0 Å². The van der Waals surface area contributed by atoms with Crippen molar-refractivity contribution >= 4 is 15.8 Å². The molecule has 0 amide bonds. The number of rotatable bonds is 4. The van der Waals surface area contributed by atoms with Crippen LogP contribution in [-0.2, 0) is 19.4 Å². The smallest absolute Gasteiger partial charge is 0.322 e. The van der Waals surface area contributed by atoms with Gasteiger partial charge in [-0.15, -0.1) is 0 Å². The van der Waals surface area contributed by atoms with Gasteiger partial charge in [0.2, 0.25) is 0 Å². The van der Waals surface area contributed by atoms with Gasteiger partial charge in [-0.05, 0) is 18.8 Å². The molecule has 100 valence electrons. The summed E-state index contributed by atoms with van der Waals surface area (Å²) >= 11 is 0. The third kappa shape index (κ3) is 4.23. The monoisotopic (exact) mass is 267 g/mol. The second kappa shape index (κ2) is 5.77. The average Bonchev–Trinajstić information content (AvgIpc) is 2.27. The van der Waals surface area contributed by atoms with Crippen molar-refractivity contribution in [3.63, 3.8) is 0 Å². The molecule has 5 nitrogen and oxygen atoms in total. The van der Waals surface area contributed by atoms with Crippen LogP contribution in [0.25, 0.3) is 0 Å². The molecule has 0 radical (unpaired) electrons. The average molecular weight is 267 g/mol. The fourth-order valence-electron chi connectivity index (χ4n) is 1.95. The first-order valence-electron chi connectivity index (χ1n) is 5.53. The zero-order chi connectivity index (χ0) is 13.1. The number of halogens is 1. The van der Waals surface area contributed by atoms with E-state index in [1.807, 2.05) is 0 Å². The van der Waals surface area contributed by atoms with Crippen molar-refractivity contribution in [2.75, 3.05) is 18.6 Å². The van der Waals surface area contributed by atoms with E-state index in [1.165, 1.54) is 7.11 Å². The number of methoxy groups -OCH3 is 1. The van der Waals surface area contributed by atoms with E-state index in [9.17, 15) is 17.6 Å². The zero-order valence-corrected chi connectivity index (χ0v) is 10.6. The number of hydrogen-bond acceptors (Lipinski definition) is 5. The summed E-state index contributed by atoms with van der Waals surface area (Å²) in [5, 5.41) is 0. The van der Waals surface area contributed by atoms with Crippen LogP contribution in [-0.4, -0.2) is 45.2 Å². The predicted octanol–water partition coefficient (Wildman–Crippen LogP) is 0.0397. The first-order valence-corrected chi connectivity index (χ1v) is 7.36. The van der Waals surface area contributed by atoms with Gasteiger partial charge >= 0.3 is 5.97 Å². The Morgan fingerprint density at radius 2 is 2.00 bits per heavy atom. The van der Waals surface area contributed by atoms with Gasteiger partial charge in [0.25, 0.3) is 0 Å².